The first-order chi connectivity index (χ1) is 9.31. The Morgan fingerprint density at radius 1 is 1.30 bits per heavy atom. The molecule has 112 valence electrons. The van der Waals surface area contributed by atoms with Crippen molar-refractivity contribution in [3.8, 4) is 11.5 Å². The minimum absolute atomic E-state index is 0.154. The maximum Gasteiger partial charge on any atom is 0.236 e. The summed E-state index contributed by atoms with van der Waals surface area (Å²) in [6.45, 7) is 6.27. The number of ether oxygens (including phenoxy) is 2. The summed E-state index contributed by atoms with van der Waals surface area (Å²) in [6.07, 6.45) is 0. The third-order valence-corrected chi connectivity index (χ3v) is 3.28. The number of carbonyl (C=O) groups excluding carboxylic acids is 1. The zero-order valence-electron chi connectivity index (χ0n) is 12.8. The van der Waals surface area contributed by atoms with Crippen molar-refractivity contribution in [1.82, 2.24) is 5.32 Å². The van der Waals surface area contributed by atoms with E-state index in [1.807, 2.05) is 18.2 Å². The van der Waals surface area contributed by atoms with Crippen LogP contribution >= 0.6 is 0 Å². The molecule has 0 unspecified atom stereocenters. The fraction of sp³-hybridized carbons (Fsp3) is 0.533. The highest BCUT2D eigenvalue weighted by atomic mass is 16.5. The molecule has 0 saturated heterocycles. The summed E-state index contributed by atoms with van der Waals surface area (Å²) >= 11 is 0. The number of methoxy groups -OCH3 is 2. The fourth-order valence-corrected chi connectivity index (χ4v) is 1.83. The van der Waals surface area contributed by atoms with Gasteiger partial charge in [0.05, 0.1) is 20.3 Å². The lowest BCUT2D eigenvalue weighted by molar-refractivity contribution is -0.122. The van der Waals surface area contributed by atoms with Crippen LogP contribution in [0.25, 0.3) is 0 Å². The van der Waals surface area contributed by atoms with E-state index in [0.29, 0.717) is 18.0 Å². The SMILES string of the molecule is COc1ccc(C(C)(C)CNC(=O)[C@@H](C)N)cc1OC. The van der Waals surface area contributed by atoms with Gasteiger partial charge in [0.15, 0.2) is 11.5 Å². The Labute approximate surface area is 120 Å². The van der Waals surface area contributed by atoms with Gasteiger partial charge in [-0.15, -0.1) is 0 Å². The maximum atomic E-state index is 11.6. The Hall–Kier alpha value is -1.75. The standard InChI is InChI=1S/C15H24N2O3/c1-10(16)14(18)17-9-15(2,3)11-6-7-12(19-4)13(8-11)20-5/h6-8,10H,9,16H2,1-5H3,(H,17,18)/t10-/m1/s1. The molecule has 0 aromatic heterocycles. The van der Waals surface area contributed by atoms with Gasteiger partial charge in [0.25, 0.3) is 0 Å². The predicted octanol–water partition coefficient (Wildman–Crippen LogP) is 1.44. The Balaban J connectivity index is 2.89. The minimum atomic E-state index is -0.504. The van der Waals surface area contributed by atoms with Crippen LogP contribution in [0.1, 0.15) is 26.3 Å². The Morgan fingerprint density at radius 3 is 2.40 bits per heavy atom. The van der Waals surface area contributed by atoms with Gasteiger partial charge < -0.3 is 20.5 Å². The number of carbonyl (C=O) groups is 1. The maximum absolute atomic E-state index is 11.6. The van der Waals surface area contributed by atoms with Crippen molar-refractivity contribution in [3.05, 3.63) is 23.8 Å². The molecule has 0 radical (unpaired) electrons. The lowest BCUT2D eigenvalue weighted by Crippen LogP contribution is -2.43. The van der Waals surface area contributed by atoms with Gasteiger partial charge in [0.2, 0.25) is 5.91 Å². The molecule has 1 aromatic rings. The van der Waals surface area contributed by atoms with Gasteiger partial charge in [0.1, 0.15) is 0 Å². The molecular formula is C15H24N2O3. The lowest BCUT2D eigenvalue weighted by atomic mass is 9.84. The first-order valence-electron chi connectivity index (χ1n) is 6.57. The molecule has 0 fully saturated rings. The Bertz CT molecular complexity index is 470. The normalized spacial score (nSPS) is 12.7. The molecule has 0 saturated carbocycles. The van der Waals surface area contributed by atoms with Gasteiger partial charge in [0, 0.05) is 12.0 Å². The first kappa shape index (κ1) is 16.3. The van der Waals surface area contributed by atoms with Gasteiger partial charge in [-0.05, 0) is 24.6 Å². The van der Waals surface area contributed by atoms with Crippen molar-refractivity contribution in [1.29, 1.82) is 0 Å². The second-order valence-corrected chi connectivity index (χ2v) is 5.46. The highest BCUT2D eigenvalue weighted by Crippen LogP contribution is 2.32. The molecule has 1 aromatic carbocycles. The van der Waals surface area contributed by atoms with E-state index in [0.717, 1.165) is 5.56 Å². The topological polar surface area (TPSA) is 73.6 Å². The van der Waals surface area contributed by atoms with E-state index in [1.165, 1.54) is 0 Å². The van der Waals surface area contributed by atoms with E-state index in [1.54, 1.807) is 21.1 Å². The van der Waals surface area contributed by atoms with Crippen molar-refractivity contribution in [2.45, 2.75) is 32.2 Å². The molecule has 20 heavy (non-hydrogen) atoms. The molecule has 0 spiro atoms. The molecule has 0 heterocycles. The lowest BCUT2D eigenvalue weighted by Gasteiger charge is -2.27. The van der Waals surface area contributed by atoms with Crippen molar-refractivity contribution in [2.75, 3.05) is 20.8 Å². The average molecular weight is 280 g/mol. The predicted molar refractivity (Wildman–Crippen MR) is 79.2 cm³/mol. The van der Waals surface area contributed by atoms with E-state index in [9.17, 15) is 4.79 Å². The summed E-state index contributed by atoms with van der Waals surface area (Å²) in [7, 11) is 3.21. The van der Waals surface area contributed by atoms with Crippen LogP contribution in [0.4, 0.5) is 0 Å². The van der Waals surface area contributed by atoms with Gasteiger partial charge in [-0.25, -0.2) is 0 Å². The van der Waals surface area contributed by atoms with E-state index < -0.39 is 6.04 Å². The van der Waals surface area contributed by atoms with E-state index >= 15 is 0 Å². The molecule has 1 atom stereocenters. The third kappa shape index (κ3) is 3.87. The molecule has 1 rings (SSSR count). The first-order valence-corrected chi connectivity index (χ1v) is 6.57. The molecule has 1 amide bonds. The van der Waals surface area contributed by atoms with Crippen LogP contribution < -0.4 is 20.5 Å². The molecule has 0 bridgehead atoms. The summed E-state index contributed by atoms with van der Waals surface area (Å²) in [5.74, 6) is 1.21. The summed E-state index contributed by atoms with van der Waals surface area (Å²) < 4.78 is 10.5. The summed E-state index contributed by atoms with van der Waals surface area (Å²) in [5, 5.41) is 2.85. The summed E-state index contributed by atoms with van der Waals surface area (Å²) in [5.41, 5.74) is 6.36. The van der Waals surface area contributed by atoms with Crippen molar-refractivity contribution >= 4 is 5.91 Å². The third-order valence-electron chi connectivity index (χ3n) is 3.28. The van der Waals surface area contributed by atoms with Gasteiger partial charge >= 0.3 is 0 Å². The second-order valence-electron chi connectivity index (χ2n) is 5.46. The number of nitrogens with two attached hydrogens (primary N) is 1. The highest BCUT2D eigenvalue weighted by molar-refractivity contribution is 5.81. The second kappa shape index (κ2) is 6.61. The molecular weight excluding hydrogens is 256 g/mol. The quantitative estimate of drug-likeness (QED) is 0.827. The summed E-state index contributed by atoms with van der Waals surface area (Å²) in [4.78, 5) is 11.6. The number of rotatable bonds is 6. The zero-order chi connectivity index (χ0) is 15.3. The highest BCUT2D eigenvalue weighted by Gasteiger charge is 2.23. The minimum Gasteiger partial charge on any atom is -0.493 e. The van der Waals surface area contributed by atoms with Crippen LogP contribution in [0.15, 0.2) is 18.2 Å². The van der Waals surface area contributed by atoms with Gasteiger partial charge in [-0.1, -0.05) is 19.9 Å². The van der Waals surface area contributed by atoms with E-state index in [4.69, 9.17) is 15.2 Å². The number of nitrogens with one attached hydrogen (secondary N) is 1. The number of amides is 1. The molecule has 0 aliphatic heterocycles. The fourth-order valence-electron chi connectivity index (χ4n) is 1.83. The van der Waals surface area contributed by atoms with Crippen LogP contribution in [-0.4, -0.2) is 32.7 Å². The van der Waals surface area contributed by atoms with Crippen molar-refractivity contribution < 1.29 is 14.3 Å². The van der Waals surface area contributed by atoms with Crippen LogP contribution in [0.2, 0.25) is 0 Å². The molecule has 3 N–H and O–H groups in total. The zero-order valence-corrected chi connectivity index (χ0v) is 12.8. The van der Waals surface area contributed by atoms with Crippen LogP contribution in [0.3, 0.4) is 0 Å². The monoisotopic (exact) mass is 280 g/mol. The molecule has 0 aliphatic carbocycles. The van der Waals surface area contributed by atoms with Crippen LogP contribution in [-0.2, 0) is 10.2 Å². The smallest absolute Gasteiger partial charge is 0.236 e. The Kier molecular flexibility index (Phi) is 5.39. The van der Waals surface area contributed by atoms with Crippen molar-refractivity contribution in [3.63, 3.8) is 0 Å². The summed E-state index contributed by atoms with van der Waals surface area (Å²) in [6, 6.07) is 5.26. The van der Waals surface area contributed by atoms with E-state index in [-0.39, 0.29) is 11.3 Å². The van der Waals surface area contributed by atoms with Crippen LogP contribution in [0.5, 0.6) is 11.5 Å². The molecule has 5 nitrogen and oxygen atoms in total. The molecule has 5 heteroatoms. The number of hydrogen-bond acceptors (Lipinski definition) is 4. The van der Waals surface area contributed by atoms with Gasteiger partial charge in [-0.3, -0.25) is 4.79 Å². The average Bonchev–Trinajstić information content (AvgIpc) is 2.43. The van der Waals surface area contributed by atoms with Gasteiger partial charge in [-0.2, -0.15) is 0 Å². The number of hydrogen-bond donors (Lipinski definition) is 2. The number of benzene rings is 1. The Morgan fingerprint density at radius 2 is 1.90 bits per heavy atom. The van der Waals surface area contributed by atoms with E-state index in [2.05, 4.69) is 19.2 Å². The molecule has 0 aliphatic rings. The largest absolute Gasteiger partial charge is 0.493 e. The van der Waals surface area contributed by atoms with Crippen LogP contribution in [0, 0.1) is 0 Å². The van der Waals surface area contributed by atoms with Crippen molar-refractivity contribution in [2.24, 2.45) is 5.73 Å².